The number of piperidine rings is 1. The predicted molar refractivity (Wildman–Crippen MR) is 111 cm³/mol. The average Bonchev–Trinajstić information content (AvgIpc) is 3.04. The van der Waals surface area contributed by atoms with E-state index in [0.29, 0.717) is 0 Å². The highest BCUT2D eigenvalue weighted by atomic mass is 16.2. The Morgan fingerprint density at radius 3 is 2.61 bits per heavy atom. The van der Waals surface area contributed by atoms with Crippen molar-refractivity contribution >= 4 is 16.9 Å². The Bertz CT molecular complexity index is 1010. The monoisotopic (exact) mass is 376 g/mol. The van der Waals surface area contributed by atoms with Crippen molar-refractivity contribution in [1.29, 1.82) is 0 Å². The number of aryl methyl sites for hydroxylation is 2. The minimum atomic E-state index is 0.0930. The lowest BCUT2D eigenvalue weighted by molar-refractivity contribution is 0.0613. The third kappa shape index (κ3) is 3.19. The van der Waals surface area contributed by atoms with E-state index in [1.807, 2.05) is 30.7 Å². The maximum atomic E-state index is 13.7. The molecule has 5 heteroatoms. The van der Waals surface area contributed by atoms with E-state index in [1.165, 1.54) is 5.56 Å². The normalized spacial score (nSPS) is 17.5. The summed E-state index contributed by atoms with van der Waals surface area (Å²) in [6.07, 6.45) is 3.21. The first-order chi connectivity index (χ1) is 13.5. The SMILES string of the molecule is Cc1cc(C(=O)N2CCCCC2c2ccccc2)c2c(C)nn(C(C)C)c2n1. The van der Waals surface area contributed by atoms with Gasteiger partial charge in [0.05, 0.1) is 22.7 Å². The number of aromatic nitrogens is 3. The van der Waals surface area contributed by atoms with Gasteiger partial charge in [-0.2, -0.15) is 5.10 Å². The molecule has 1 aliphatic heterocycles. The quantitative estimate of drug-likeness (QED) is 0.646. The second-order valence-electron chi connectivity index (χ2n) is 8.05. The summed E-state index contributed by atoms with van der Waals surface area (Å²) in [6, 6.07) is 12.7. The number of carbonyl (C=O) groups excluding carboxylic acids is 1. The molecular weight excluding hydrogens is 348 g/mol. The molecule has 5 nitrogen and oxygen atoms in total. The summed E-state index contributed by atoms with van der Waals surface area (Å²) in [7, 11) is 0. The zero-order chi connectivity index (χ0) is 19.8. The lowest BCUT2D eigenvalue weighted by Crippen LogP contribution is -2.38. The second kappa shape index (κ2) is 7.38. The van der Waals surface area contributed by atoms with E-state index in [1.54, 1.807) is 0 Å². The summed E-state index contributed by atoms with van der Waals surface area (Å²) >= 11 is 0. The van der Waals surface area contributed by atoms with Gasteiger partial charge in [0.15, 0.2) is 5.65 Å². The van der Waals surface area contributed by atoms with Crippen LogP contribution in [0.5, 0.6) is 0 Å². The van der Waals surface area contributed by atoms with E-state index in [-0.39, 0.29) is 18.0 Å². The Labute approximate surface area is 166 Å². The molecule has 1 fully saturated rings. The topological polar surface area (TPSA) is 51.0 Å². The van der Waals surface area contributed by atoms with Crippen molar-refractivity contribution in [2.45, 2.75) is 59.0 Å². The molecule has 3 heterocycles. The maximum absolute atomic E-state index is 13.7. The summed E-state index contributed by atoms with van der Waals surface area (Å²) in [4.78, 5) is 20.5. The van der Waals surface area contributed by atoms with Gasteiger partial charge in [0.25, 0.3) is 5.91 Å². The molecule has 1 amide bonds. The Balaban J connectivity index is 1.82. The minimum Gasteiger partial charge on any atom is -0.332 e. The van der Waals surface area contributed by atoms with Crippen molar-refractivity contribution in [3.05, 3.63) is 58.9 Å². The number of amides is 1. The molecule has 1 unspecified atom stereocenters. The highest BCUT2D eigenvalue weighted by Gasteiger charge is 2.31. The number of fused-ring (bicyclic) bond motifs is 1. The molecule has 2 aromatic heterocycles. The molecular formula is C23H28N4O. The third-order valence-electron chi connectivity index (χ3n) is 5.63. The molecule has 0 aliphatic carbocycles. The average molecular weight is 377 g/mol. The Morgan fingerprint density at radius 1 is 1.14 bits per heavy atom. The predicted octanol–water partition coefficient (Wildman–Crippen LogP) is 5.00. The van der Waals surface area contributed by atoms with Gasteiger partial charge in [0.1, 0.15) is 0 Å². The van der Waals surface area contributed by atoms with E-state index in [2.05, 4.69) is 48.1 Å². The van der Waals surface area contributed by atoms with Crippen LogP contribution in [0.1, 0.15) is 72.5 Å². The van der Waals surface area contributed by atoms with E-state index >= 15 is 0 Å². The molecule has 0 spiro atoms. The third-order valence-corrected chi connectivity index (χ3v) is 5.63. The smallest absolute Gasteiger partial charge is 0.255 e. The van der Waals surface area contributed by atoms with Gasteiger partial charge in [0.2, 0.25) is 0 Å². The Hall–Kier alpha value is -2.69. The molecule has 0 saturated carbocycles. The number of nitrogens with zero attached hydrogens (tertiary/aromatic N) is 4. The fourth-order valence-corrected chi connectivity index (χ4v) is 4.32. The zero-order valence-electron chi connectivity index (χ0n) is 17.1. The summed E-state index contributed by atoms with van der Waals surface area (Å²) in [5.74, 6) is 0.0930. The summed E-state index contributed by atoms with van der Waals surface area (Å²) < 4.78 is 1.93. The summed E-state index contributed by atoms with van der Waals surface area (Å²) in [5.41, 5.74) is 4.48. The van der Waals surface area contributed by atoms with Crippen LogP contribution >= 0.6 is 0 Å². The lowest BCUT2D eigenvalue weighted by Gasteiger charge is -2.36. The van der Waals surface area contributed by atoms with Gasteiger partial charge >= 0.3 is 0 Å². The molecule has 28 heavy (non-hydrogen) atoms. The molecule has 1 aliphatic rings. The van der Waals surface area contributed by atoms with Crippen LogP contribution in [0.4, 0.5) is 0 Å². The van der Waals surface area contributed by atoms with Crippen molar-refractivity contribution in [3.8, 4) is 0 Å². The Morgan fingerprint density at radius 2 is 1.89 bits per heavy atom. The number of pyridine rings is 1. The van der Waals surface area contributed by atoms with Gasteiger partial charge < -0.3 is 4.90 Å². The molecule has 0 bridgehead atoms. The van der Waals surface area contributed by atoms with Crippen LogP contribution in [0.2, 0.25) is 0 Å². The number of likely N-dealkylation sites (tertiary alicyclic amines) is 1. The second-order valence-corrected chi connectivity index (χ2v) is 8.05. The minimum absolute atomic E-state index is 0.0930. The molecule has 1 saturated heterocycles. The van der Waals surface area contributed by atoms with E-state index in [9.17, 15) is 4.79 Å². The first-order valence-corrected chi connectivity index (χ1v) is 10.2. The number of hydrogen-bond acceptors (Lipinski definition) is 3. The van der Waals surface area contributed by atoms with Crippen LogP contribution in [-0.4, -0.2) is 32.1 Å². The van der Waals surface area contributed by atoms with Gasteiger partial charge in [-0.15, -0.1) is 0 Å². The molecule has 3 aromatic rings. The van der Waals surface area contributed by atoms with Crippen LogP contribution in [-0.2, 0) is 0 Å². The molecule has 146 valence electrons. The van der Waals surface area contributed by atoms with Crippen LogP contribution in [0.25, 0.3) is 11.0 Å². The Kier molecular flexibility index (Phi) is 4.92. The van der Waals surface area contributed by atoms with Crippen LogP contribution in [0, 0.1) is 13.8 Å². The highest BCUT2D eigenvalue weighted by Crippen LogP contribution is 2.34. The van der Waals surface area contributed by atoms with Crippen LogP contribution < -0.4 is 0 Å². The summed E-state index contributed by atoms with van der Waals surface area (Å²) in [6.45, 7) is 8.90. The number of rotatable bonds is 3. The number of benzene rings is 1. The van der Waals surface area contributed by atoms with Crippen molar-refractivity contribution in [3.63, 3.8) is 0 Å². The van der Waals surface area contributed by atoms with Crippen molar-refractivity contribution < 1.29 is 4.79 Å². The standard InChI is InChI=1S/C23H28N4O/c1-15(2)27-22-21(17(4)25-27)19(14-16(3)24-22)23(28)26-13-9-8-12-20(26)18-10-6-5-7-11-18/h5-7,10-11,14-15,20H,8-9,12-13H2,1-4H3. The van der Waals surface area contributed by atoms with Crippen molar-refractivity contribution in [2.75, 3.05) is 6.54 Å². The first kappa shape index (κ1) is 18.7. The van der Waals surface area contributed by atoms with E-state index in [0.717, 1.165) is 53.8 Å². The van der Waals surface area contributed by atoms with Gasteiger partial charge in [0, 0.05) is 18.3 Å². The molecule has 1 aromatic carbocycles. The number of hydrogen-bond donors (Lipinski definition) is 0. The van der Waals surface area contributed by atoms with Gasteiger partial charge in [-0.25, -0.2) is 9.67 Å². The fraction of sp³-hybridized carbons (Fsp3) is 0.435. The molecule has 4 rings (SSSR count). The van der Waals surface area contributed by atoms with Crippen molar-refractivity contribution in [1.82, 2.24) is 19.7 Å². The fourth-order valence-electron chi connectivity index (χ4n) is 4.32. The zero-order valence-corrected chi connectivity index (χ0v) is 17.1. The molecule has 0 N–H and O–H groups in total. The van der Waals surface area contributed by atoms with Gasteiger partial charge in [-0.3, -0.25) is 4.79 Å². The van der Waals surface area contributed by atoms with Crippen LogP contribution in [0.15, 0.2) is 36.4 Å². The lowest BCUT2D eigenvalue weighted by atomic mass is 9.94. The molecule has 1 atom stereocenters. The highest BCUT2D eigenvalue weighted by molar-refractivity contribution is 6.06. The first-order valence-electron chi connectivity index (χ1n) is 10.2. The van der Waals surface area contributed by atoms with Gasteiger partial charge in [-0.05, 0) is 58.6 Å². The van der Waals surface area contributed by atoms with Crippen molar-refractivity contribution in [2.24, 2.45) is 0 Å². The van der Waals surface area contributed by atoms with Crippen LogP contribution in [0.3, 0.4) is 0 Å². The molecule has 0 radical (unpaired) electrons. The van der Waals surface area contributed by atoms with E-state index in [4.69, 9.17) is 4.98 Å². The van der Waals surface area contributed by atoms with Gasteiger partial charge in [-0.1, -0.05) is 30.3 Å². The van der Waals surface area contributed by atoms with E-state index < -0.39 is 0 Å². The summed E-state index contributed by atoms with van der Waals surface area (Å²) in [5, 5.41) is 5.57. The largest absolute Gasteiger partial charge is 0.332 e. The number of carbonyl (C=O) groups is 1. The maximum Gasteiger partial charge on any atom is 0.255 e.